The summed E-state index contributed by atoms with van der Waals surface area (Å²) >= 11 is 0. The van der Waals surface area contributed by atoms with Crippen LogP contribution in [0, 0.1) is 0 Å². The number of hydrogen-bond acceptors (Lipinski definition) is 2. The molecule has 3 nitrogen and oxygen atoms in total. The first-order valence-corrected chi connectivity index (χ1v) is 9.50. The zero-order valence-corrected chi connectivity index (χ0v) is 16.2. The van der Waals surface area contributed by atoms with E-state index in [2.05, 4.69) is 4.98 Å². The van der Waals surface area contributed by atoms with Gasteiger partial charge in [0.05, 0.1) is 23.2 Å². The van der Waals surface area contributed by atoms with Gasteiger partial charge in [0.2, 0.25) is 0 Å². The van der Waals surface area contributed by atoms with E-state index in [0.29, 0.717) is 12.2 Å². The molecule has 0 saturated carbocycles. The van der Waals surface area contributed by atoms with Gasteiger partial charge in [-0.05, 0) is 66.6 Å². The molecule has 0 radical (unpaired) electrons. The fourth-order valence-corrected chi connectivity index (χ4v) is 3.18. The molecule has 6 heteroatoms. The van der Waals surface area contributed by atoms with Crippen molar-refractivity contribution in [3.63, 3.8) is 0 Å². The first-order valence-electron chi connectivity index (χ1n) is 9.50. The van der Waals surface area contributed by atoms with Crippen molar-refractivity contribution in [2.24, 2.45) is 0 Å². The zero-order valence-electron chi connectivity index (χ0n) is 16.2. The monoisotopic (exact) mass is 408 g/mol. The number of ether oxygens (including phenoxy) is 1. The predicted molar refractivity (Wildman–Crippen MR) is 113 cm³/mol. The van der Waals surface area contributed by atoms with Crippen LogP contribution in [0.2, 0.25) is 0 Å². The second-order valence-electron chi connectivity index (χ2n) is 6.74. The molecule has 0 aliphatic carbocycles. The number of rotatable bonds is 5. The molecule has 0 fully saturated rings. The molecule has 0 spiro atoms. The van der Waals surface area contributed by atoms with Gasteiger partial charge < -0.3 is 4.74 Å². The summed E-state index contributed by atoms with van der Waals surface area (Å²) in [5.74, 6) is 0.821. The van der Waals surface area contributed by atoms with Gasteiger partial charge in [0.1, 0.15) is 12.1 Å². The van der Waals surface area contributed by atoms with Gasteiger partial charge in [0, 0.05) is 5.69 Å². The van der Waals surface area contributed by atoms with E-state index in [-0.39, 0.29) is 0 Å². The average Bonchev–Trinajstić information content (AvgIpc) is 3.16. The Morgan fingerprint density at radius 1 is 0.900 bits per heavy atom. The van der Waals surface area contributed by atoms with Crippen molar-refractivity contribution in [2.75, 3.05) is 6.61 Å². The van der Waals surface area contributed by atoms with Gasteiger partial charge in [0.25, 0.3) is 0 Å². The van der Waals surface area contributed by atoms with Crippen LogP contribution in [0.5, 0.6) is 5.75 Å². The summed E-state index contributed by atoms with van der Waals surface area (Å²) in [5.41, 5.74) is 3.74. The maximum absolute atomic E-state index is 12.7. The van der Waals surface area contributed by atoms with E-state index in [0.717, 1.165) is 40.2 Å². The first kappa shape index (κ1) is 19.8. The number of nitrogens with zero attached hydrogens (tertiary/aromatic N) is 2. The molecule has 0 N–H and O–H groups in total. The van der Waals surface area contributed by atoms with Crippen molar-refractivity contribution >= 4 is 23.2 Å². The average molecular weight is 408 g/mol. The molecule has 4 aromatic rings. The van der Waals surface area contributed by atoms with Crippen molar-refractivity contribution < 1.29 is 17.9 Å². The van der Waals surface area contributed by atoms with Gasteiger partial charge in [-0.2, -0.15) is 13.2 Å². The third-order valence-electron chi connectivity index (χ3n) is 4.70. The van der Waals surface area contributed by atoms with Crippen LogP contribution >= 0.6 is 0 Å². The molecule has 30 heavy (non-hydrogen) atoms. The SMILES string of the molecule is CCOc1ccc(-n2cnc3cc(C=Cc4ccc(C(F)(F)F)cc4)ccc32)cc1. The van der Waals surface area contributed by atoms with Gasteiger partial charge in [0.15, 0.2) is 0 Å². The van der Waals surface area contributed by atoms with Crippen molar-refractivity contribution in [1.29, 1.82) is 0 Å². The molecule has 0 amide bonds. The van der Waals surface area contributed by atoms with Gasteiger partial charge in [-0.15, -0.1) is 0 Å². The summed E-state index contributed by atoms with van der Waals surface area (Å²) in [6, 6.07) is 18.8. The Balaban J connectivity index is 1.55. The number of benzene rings is 3. The third kappa shape index (κ3) is 4.22. The topological polar surface area (TPSA) is 27.1 Å². The molecule has 1 aromatic heterocycles. The Morgan fingerprint density at radius 3 is 2.23 bits per heavy atom. The molecule has 0 aliphatic heterocycles. The molecule has 0 aliphatic rings. The Hall–Kier alpha value is -3.54. The van der Waals surface area contributed by atoms with Crippen LogP contribution in [0.1, 0.15) is 23.6 Å². The fraction of sp³-hybridized carbons (Fsp3) is 0.125. The standard InChI is InChI=1S/C24H19F3N2O/c1-2-30-21-12-10-20(11-13-21)29-16-28-22-15-18(7-14-23(22)29)4-3-17-5-8-19(9-6-17)24(25,26)27/h3-16H,2H2,1H3. The second kappa shape index (κ2) is 8.06. The Kier molecular flexibility index (Phi) is 5.31. The van der Waals surface area contributed by atoms with Crippen LogP contribution in [0.3, 0.4) is 0 Å². The minimum absolute atomic E-state index is 0.621. The summed E-state index contributed by atoms with van der Waals surface area (Å²) in [7, 11) is 0. The molecule has 0 bridgehead atoms. The highest BCUT2D eigenvalue weighted by Crippen LogP contribution is 2.29. The van der Waals surface area contributed by atoms with Crippen LogP contribution in [0.25, 0.3) is 28.9 Å². The van der Waals surface area contributed by atoms with E-state index in [1.807, 2.05) is 60.0 Å². The van der Waals surface area contributed by atoms with Crippen LogP contribution in [-0.2, 0) is 6.18 Å². The van der Waals surface area contributed by atoms with Gasteiger partial charge in [-0.3, -0.25) is 4.57 Å². The summed E-state index contributed by atoms with van der Waals surface area (Å²) in [6.45, 7) is 2.57. The number of hydrogen-bond donors (Lipinski definition) is 0. The number of fused-ring (bicyclic) bond motifs is 1. The summed E-state index contributed by atoms with van der Waals surface area (Å²) in [6.07, 6.45) is 1.09. The third-order valence-corrected chi connectivity index (χ3v) is 4.70. The first-order chi connectivity index (χ1) is 14.4. The van der Waals surface area contributed by atoms with Crippen molar-refractivity contribution in [3.8, 4) is 11.4 Å². The van der Waals surface area contributed by atoms with Crippen LogP contribution in [0.4, 0.5) is 13.2 Å². The van der Waals surface area contributed by atoms with Crippen LogP contribution in [-0.4, -0.2) is 16.2 Å². The highest BCUT2D eigenvalue weighted by atomic mass is 19.4. The number of alkyl halides is 3. The van der Waals surface area contributed by atoms with Crippen molar-refractivity contribution in [3.05, 3.63) is 89.7 Å². The second-order valence-corrected chi connectivity index (χ2v) is 6.74. The normalized spacial score (nSPS) is 12.0. The molecule has 4 rings (SSSR count). The number of aromatic nitrogens is 2. The Labute approximate surface area is 172 Å². The maximum Gasteiger partial charge on any atom is 0.416 e. The molecular formula is C24H19F3N2O. The lowest BCUT2D eigenvalue weighted by atomic mass is 10.1. The summed E-state index contributed by atoms with van der Waals surface area (Å²) in [5, 5.41) is 0. The highest BCUT2D eigenvalue weighted by molar-refractivity contribution is 5.82. The molecule has 0 unspecified atom stereocenters. The van der Waals surface area contributed by atoms with Crippen molar-refractivity contribution in [1.82, 2.24) is 9.55 Å². The van der Waals surface area contributed by atoms with E-state index in [1.54, 1.807) is 12.4 Å². The van der Waals surface area contributed by atoms with E-state index in [4.69, 9.17) is 4.74 Å². The summed E-state index contributed by atoms with van der Waals surface area (Å²) < 4.78 is 45.5. The summed E-state index contributed by atoms with van der Waals surface area (Å²) in [4.78, 5) is 4.48. The molecule has 152 valence electrons. The zero-order chi connectivity index (χ0) is 21.1. The van der Waals surface area contributed by atoms with Crippen LogP contribution < -0.4 is 4.74 Å². The lowest BCUT2D eigenvalue weighted by molar-refractivity contribution is -0.137. The molecule has 0 atom stereocenters. The molecular weight excluding hydrogens is 389 g/mol. The predicted octanol–water partition coefficient (Wildman–Crippen LogP) is 6.61. The van der Waals surface area contributed by atoms with Gasteiger partial charge >= 0.3 is 6.18 Å². The minimum atomic E-state index is -4.32. The highest BCUT2D eigenvalue weighted by Gasteiger charge is 2.29. The van der Waals surface area contributed by atoms with Crippen molar-refractivity contribution in [2.45, 2.75) is 13.1 Å². The van der Waals surface area contributed by atoms with Gasteiger partial charge in [-0.25, -0.2) is 4.98 Å². The lowest BCUT2D eigenvalue weighted by Gasteiger charge is -2.07. The van der Waals surface area contributed by atoms with E-state index < -0.39 is 11.7 Å². The Bertz CT molecular complexity index is 1170. The number of imidazole rings is 1. The quantitative estimate of drug-likeness (QED) is 0.347. The van der Waals surface area contributed by atoms with E-state index >= 15 is 0 Å². The fourth-order valence-electron chi connectivity index (χ4n) is 3.18. The van der Waals surface area contributed by atoms with E-state index in [9.17, 15) is 13.2 Å². The molecule has 1 heterocycles. The van der Waals surface area contributed by atoms with Gasteiger partial charge in [-0.1, -0.05) is 30.4 Å². The molecule has 3 aromatic carbocycles. The van der Waals surface area contributed by atoms with Crippen LogP contribution in [0.15, 0.2) is 73.1 Å². The lowest BCUT2D eigenvalue weighted by Crippen LogP contribution is -2.03. The smallest absolute Gasteiger partial charge is 0.416 e. The largest absolute Gasteiger partial charge is 0.494 e. The Morgan fingerprint density at radius 2 is 1.57 bits per heavy atom. The minimum Gasteiger partial charge on any atom is -0.494 e. The maximum atomic E-state index is 12.7. The number of halogens is 3. The molecule has 0 saturated heterocycles. The van der Waals surface area contributed by atoms with E-state index in [1.165, 1.54) is 12.1 Å².